The van der Waals surface area contributed by atoms with Crippen LogP contribution in [0.1, 0.15) is 21.5 Å². The predicted octanol–water partition coefficient (Wildman–Crippen LogP) is 3.31. The summed E-state index contributed by atoms with van der Waals surface area (Å²) < 4.78 is 18.1. The normalized spacial score (nSPS) is 18.8. The van der Waals surface area contributed by atoms with E-state index in [2.05, 4.69) is 0 Å². The second-order valence-electron chi connectivity index (χ2n) is 4.25. The Balaban J connectivity index is 1.85. The van der Waals surface area contributed by atoms with E-state index in [1.807, 2.05) is 0 Å². The van der Waals surface area contributed by atoms with E-state index in [1.54, 1.807) is 40.9 Å². The first kappa shape index (κ1) is 12.3. The van der Waals surface area contributed by atoms with E-state index in [0.29, 0.717) is 12.3 Å². The summed E-state index contributed by atoms with van der Waals surface area (Å²) in [6.45, 7) is 0.673. The quantitative estimate of drug-likeness (QED) is 0.844. The van der Waals surface area contributed by atoms with Gasteiger partial charge in [0.2, 0.25) is 0 Å². The SMILES string of the molecule is O=C(c1ccco1)N1CCS[C@@H]1c1ccc(F)cc1. The highest BCUT2D eigenvalue weighted by Crippen LogP contribution is 2.38. The van der Waals surface area contributed by atoms with Crippen LogP contribution in [0.15, 0.2) is 47.1 Å². The monoisotopic (exact) mass is 277 g/mol. The van der Waals surface area contributed by atoms with E-state index >= 15 is 0 Å². The lowest BCUT2D eigenvalue weighted by atomic mass is 10.2. The van der Waals surface area contributed by atoms with Gasteiger partial charge in [-0.2, -0.15) is 0 Å². The molecule has 98 valence electrons. The van der Waals surface area contributed by atoms with Crippen LogP contribution in [0.5, 0.6) is 0 Å². The van der Waals surface area contributed by atoms with E-state index in [0.717, 1.165) is 11.3 Å². The molecule has 3 nitrogen and oxygen atoms in total. The molecular weight excluding hydrogens is 265 g/mol. The first-order valence-corrected chi connectivity index (χ1v) is 7.02. The van der Waals surface area contributed by atoms with Crippen molar-refractivity contribution in [2.24, 2.45) is 0 Å². The van der Waals surface area contributed by atoms with Gasteiger partial charge < -0.3 is 9.32 Å². The van der Waals surface area contributed by atoms with Crippen molar-refractivity contribution in [3.8, 4) is 0 Å². The van der Waals surface area contributed by atoms with Crippen molar-refractivity contribution in [3.05, 3.63) is 59.8 Å². The number of carbonyl (C=O) groups is 1. The molecule has 2 aromatic rings. The number of furan rings is 1. The van der Waals surface area contributed by atoms with Crippen molar-refractivity contribution in [2.45, 2.75) is 5.37 Å². The number of nitrogens with zero attached hydrogens (tertiary/aromatic N) is 1. The summed E-state index contributed by atoms with van der Waals surface area (Å²) in [5.74, 6) is 0.823. The van der Waals surface area contributed by atoms with Gasteiger partial charge in [0, 0.05) is 12.3 Å². The van der Waals surface area contributed by atoms with Crippen LogP contribution in [0.2, 0.25) is 0 Å². The molecule has 0 spiro atoms. The average molecular weight is 277 g/mol. The van der Waals surface area contributed by atoms with Gasteiger partial charge in [0.05, 0.1) is 6.26 Å². The largest absolute Gasteiger partial charge is 0.459 e. The van der Waals surface area contributed by atoms with Crippen molar-refractivity contribution in [1.29, 1.82) is 0 Å². The Morgan fingerprint density at radius 1 is 1.32 bits per heavy atom. The topological polar surface area (TPSA) is 33.5 Å². The standard InChI is InChI=1S/C14H12FNO2S/c15-11-5-3-10(4-6-11)14-16(7-9-19-14)13(17)12-2-1-8-18-12/h1-6,8,14H,7,9H2/t14-/m1/s1. The van der Waals surface area contributed by atoms with Crippen molar-refractivity contribution in [3.63, 3.8) is 0 Å². The van der Waals surface area contributed by atoms with Crippen molar-refractivity contribution < 1.29 is 13.6 Å². The minimum absolute atomic E-state index is 0.0711. The fourth-order valence-electron chi connectivity index (χ4n) is 2.12. The molecule has 0 radical (unpaired) electrons. The maximum atomic E-state index is 13.0. The molecule has 1 amide bonds. The smallest absolute Gasteiger partial charge is 0.290 e. The number of halogens is 1. The second-order valence-corrected chi connectivity index (χ2v) is 5.44. The van der Waals surface area contributed by atoms with E-state index < -0.39 is 0 Å². The van der Waals surface area contributed by atoms with Gasteiger partial charge in [-0.05, 0) is 29.8 Å². The van der Waals surface area contributed by atoms with Gasteiger partial charge in [0.15, 0.2) is 5.76 Å². The third-order valence-corrected chi connectivity index (χ3v) is 4.30. The van der Waals surface area contributed by atoms with E-state index in [-0.39, 0.29) is 17.1 Å². The Labute approximate surface area is 114 Å². The predicted molar refractivity (Wildman–Crippen MR) is 71.3 cm³/mol. The first-order valence-electron chi connectivity index (χ1n) is 5.97. The molecule has 1 aliphatic heterocycles. The molecule has 0 saturated carbocycles. The minimum Gasteiger partial charge on any atom is -0.459 e. The second kappa shape index (κ2) is 5.09. The van der Waals surface area contributed by atoms with Gasteiger partial charge in [0.25, 0.3) is 5.91 Å². The van der Waals surface area contributed by atoms with Crippen LogP contribution in [-0.2, 0) is 0 Å². The number of amides is 1. The number of hydrogen-bond acceptors (Lipinski definition) is 3. The van der Waals surface area contributed by atoms with Crippen molar-refractivity contribution >= 4 is 17.7 Å². The molecule has 1 aromatic carbocycles. The summed E-state index contributed by atoms with van der Waals surface area (Å²) in [4.78, 5) is 14.1. The van der Waals surface area contributed by atoms with Crippen LogP contribution in [0.3, 0.4) is 0 Å². The maximum Gasteiger partial charge on any atom is 0.290 e. The van der Waals surface area contributed by atoms with Crippen LogP contribution < -0.4 is 0 Å². The summed E-state index contributed by atoms with van der Waals surface area (Å²) in [5.41, 5.74) is 0.934. The molecule has 1 atom stereocenters. The first-order chi connectivity index (χ1) is 9.25. The molecule has 1 fully saturated rings. The summed E-state index contributed by atoms with van der Waals surface area (Å²) >= 11 is 1.68. The molecule has 0 N–H and O–H groups in total. The third kappa shape index (κ3) is 2.38. The molecule has 0 unspecified atom stereocenters. The third-order valence-electron chi connectivity index (χ3n) is 3.04. The summed E-state index contributed by atoms with van der Waals surface area (Å²) in [5, 5.41) is -0.0711. The Kier molecular flexibility index (Phi) is 3.29. The number of rotatable bonds is 2. The molecule has 1 aliphatic rings. The van der Waals surface area contributed by atoms with Gasteiger partial charge in [-0.1, -0.05) is 12.1 Å². The lowest BCUT2D eigenvalue weighted by Crippen LogP contribution is -2.30. The minimum atomic E-state index is -0.268. The van der Waals surface area contributed by atoms with Crippen molar-refractivity contribution in [2.75, 3.05) is 12.3 Å². The van der Waals surface area contributed by atoms with Crippen LogP contribution in [0.25, 0.3) is 0 Å². The van der Waals surface area contributed by atoms with Crippen LogP contribution in [0.4, 0.5) is 4.39 Å². The molecule has 1 saturated heterocycles. The van der Waals surface area contributed by atoms with E-state index in [1.165, 1.54) is 18.4 Å². The highest BCUT2D eigenvalue weighted by Gasteiger charge is 2.32. The van der Waals surface area contributed by atoms with E-state index in [9.17, 15) is 9.18 Å². The van der Waals surface area contributed by atoms with Gasteiger partial charge in [0.1, 0.15) is 11.2 Å². The molecule has 2 heterocycles. The highest BCUT2D eigenvalue weighted by molar-refractivity contribution is 7.99. The average Bonchev–Trinajstić information content (AvgIpc) is 3.10. The zero-order valence-corrected chi connectivity index (χ0v) is 10.9. The zero-order chi connectivity index (χ0) is 13.2. The van der Waals surface area contributed by atoms with Crippen LogP contribution >= 0.6 is 11.8 Å². The number of benzene rings is 1. The fraction of sp³-hybridized carbons (Fsp3) is 0.214. The fourth-order valence-corrected chi connectivity index (χ4v) is 3.38. The molecule has 1 aromatic heterocycles. The molecule has 5 heteroatoms. The van der Waals surface area contributed by atoms with Crippen molar-refractivity contribution in [1.82, 2.24) is 4.90 Å². The van der Waals surface area contributed by atoms with E-state index in [4.69, 9.17) is 4.42 Å². The molecule has 19 heavy (non-hydrogen) atoms. The number of hydrogen-bond donors (Lipinski definition) is 0. The Bertz CT molecular complexity index is 568. The molecule has 0 aliphatic carbocycles. The van der Waals surface area contributed by atoms with Gasteiger partial charge in [-0.15, -0.1) is 11.8 Å². The molecular formula is C14H12FNO2S. The molecule has 0 bridgehead atoms. The lowest BCUT2D eigenvalue weighted by molar-refractivity contribution is 0.0728. The lowest BCUT2D eigenvalue weighted by Gasteiger charge is -2.23. The Morgan fingerprint density at radius 3 is 2.79 bits per heavy atom. The molecule has 3 rings (SSSR count). The number of carbonyl (C=O) groups excluding carboxylic acids is 1. The Morgan fingerprint density at radius 2 is 2.11 bits per heavy atom. The summed E-state index contributed by atoms with van der Waals surface area (Å²) in [6, 6.07) is 9.64. The van der Waals surface area contributed by atoms with Gasteiger partial charge >= 0.3 is 0 Å². The van der Waals surface area contributed by atoms with Crippen LogP contribution in [-0.4, -0.2) is 23.1 Å². The zero-order valence-electron chi connectivity index (χ0n) is 10.1. The summed E-state index contributed by atoms with van der Waals surface area (Å²) in [6.07, 6.45) is 1.49. The highest BCUT2D eigenvalue weighted by atomic mass is 32.2. The van der Waals surface area contributed by atoms with Crippen LogP contribution in [0, 0.1) is 5.82 Å². The number of thioether (sulfide) groups is 1. The maximum absolute atomic E-state index is 13.0. The van der Waals surface area contributed by atoms with Gasteiger partial charge in [-0.25, -0.2) is 4.39 Å². The van der Waals surface area contributed by atoms with Gasteiger partial charge in [-0.3, -0.25) is 4.79 Å². The summed E-state index contributed by atoms with van der Waals surface area (Å²) in [7, 11) is 0. The Hall–Kier alpha value is -1.75.